The molecule has 0 heterocycles. The van der Waals surface area contributed by atoms with Gasteiger partial charge in [0.15, 0.2) is 0 Å². The summed E-state index contributed by atoms with van der Waals surface area (Å²) in [5, 5.41) is 0. The molecule has 1 aliphatic rings. The van der Waals surface area contributed by atoms with Gasteiger partial charge in [0.05, 0.1) is 0 Å². The van der Waals surface area contributed by atoms with Gasteiger partial charge in [0.25, 0.3) is 0 Å². The van der Waals surface area contributed by atoms with E-state index in [2.05, 4.69) is 20.8 Å². The summed E-state index contributed by atoms with van der Waals surface area (Å²) in [6.45, 7) is 7.73. The summed E-state index contributed by atoms with van der Waals surface area (Å²) in [5.41, 5.74) is 0. The second-order valence-corrected chi connectivity index (χ2v) is 10.0. The van der Waals surface area contributed by atoms with E-state index in [4.69, 9.17) is 8.85 Å². The third-order valence-electron chi connectivity index (χ3n) is 4.62. The maximum atomic E-state index is 6.75. The van der Waals surface area contributed by atoms with Crippen molar-refractivity contribution < 1.29 is 8.85 Å². The Morgan fingerprint density at radius 1 is 0.810 bits per heavy atom. The molecular weight excluding hydrogens is 276 g/mol. The Morgan fingerprint density at radius 3 is 1.90 bits per heavy atom. The molecule has 21 heavy (non-hydrogen) atoms. The normalized spacial score (nSPS) is 17.3. The van der Waals surface area contributed by atoms with Gasteiger partial charge in [0.1, 0.15) is 0 Å². The Bertz CT molecular complexity index is 231. The van der Waals surface area contributed by atoms with E-state index in [9.17, 15) is 0 Å². The molecule has 0 aromatic heterocycles. The van der Waals surface area contributed by atoms with Crippen LogP contribution in [0.4, 0.5) is 0 Å². The van der Waals surface area contributed by atoms with Gasteiger partial charge in [-0.1, -0.05) is 72.1 Å². The Labute approximate surface area is 134 Å². The van der Waals surface area contributed by atoms with Crippen LogP contribution in [0.25, 0.3) is 0 Å². The van der Waals surface area contributed by atoms with E-state index in [0.717, 1.165) is 6.61 Å². The topological polar surface area (TPSA) is 18.5 Å². The number of unbranched alkanes of at least 4 members (excludes halogenated alkanes) is 3. The lowest BCUT2D eigenvalue weighted by molar-refractivity contribution is 0.0838. The van der Waals surface area contributed by atoms with Gasteiger partial charge in [-0.25, -0.2) is 0 Å². The fourth-order valence-corrected chi connectivity index (χ4v) is 7.19. The molecule has 0 saturated heterocycles. The quantitative estimate of drug-likeness (QED) is 0.315. The Morgan fingerprint density at radius 2 is 1.38 bits per heavy atom. The molecule has 1 saturated carbocycles. The molecule has 0 spiro atoms. The van der Waals surface area contributed by atoms with Gasteiger partial charge in [-0.05, 0) is 31.4 Å². The summed E-state index contributed by atoms with van der Waals surface area (Å²) < 4.78 is 13.2. The van der Waals surface area contributed by atoms with Crippen molar-refractivity contribution in [1.82, 2.24) is 0 Å². The van der Waals surface area contributed by atoms with E-state index >= 15 is 0 Å². The van der Waals surface area contributed by atoms with Crippen molar-refractivity contribution in [2.24, 2.45) is 0 Å². The molecule has 3 heteroatoms. The fraction of sp³-hybridized carbons (Fsp3) is 1.00. The SMILES string of the molecule is CCCCO[Si](CCCC)(CCCC)OC1CCCCC1. The molecule has 0 bridgehead atoms. The maximum absolute atomic E-state index is 6.75. The van der Waals surface area contributed by atoms with Crippen LogP contribution in [0.5, 0.6) is 0 Å². The fourth-order valence-electron chi connectivity index (χ4n) is 3.20. The number of rotatable bonds is 12. The van der Waals surface area contributed by atoms with Crippen LogP contribution in [0, 0.1) is 0 Å². The predicted molar refractivity (Wildman–Crippen MR) is 94.0 cm³/mol. The first-order valence-electron chi connectivity index (χ1n) is 9.58. The molecule has 0 aliphatic heterocycles. The molecular formula is C18H38O2Si. The highest BCUT2D eigenvalue weighted by Gasteiger charge is 2.39. The van der Waals surface area contributed by atoms with Gasteiger partial charge in [-0.3, -0.25) is 0 Å². The lowest BCUT2D eigenvalue weighted by Crippen LogP contribution is -2.46. The van der Waals surface area contributed by atoms with Crippen molar-refractivity contribution in [3.8, 4) is 0 Å². The third kappa shape index (κ3) is 7.80. The minimum Gasteiger partial charge on any atom is -0.394 e. The van der Waals surface area contributed by atoms with Gasteiger partial charge in [-0.2, -0.15) is 0 Å². The zero-order valence-corrected chi connectivity index (χ0v) is 15.8. The predicted octanol–water partition coefficient (Wildman–Crippen LogP) is 6.19. The summed E-state index contributed by atoms with van der Waals surface area (Å²) in [6, 6.07) is 2.42. The average Bonchev–Trinajstić information content (AvgIpc) is 2.52. The summed E-state index contributed by atoms with van der Waals surface area (Å²) in [6.07, 6.45) is 14.6. The van der Waals surface area contributed by atoms with Crippen molar-refractivity contribution in [3.63, 3.8) is 0 Å². The van der Waals surface area contributed by atoms with Crippen LogP contribution in [0.2, 0.25) is 12.1 Å². The first kappa shape index (κ1) is 19.2. The molecule has 0 aromatic carbocycles. The Hall–Kier alpha value is 0.137. The first-order valence-corrected chi connectivity index (χ1v) is 11.8. The van der Waals surface area contributed by atoms with Crippen LogP contribution in [-0.2, 0) is 8.85 Å². The third-order valence-corrected chi connectivity index (χ3v) is 8.34. The van der Waals surface area contributed by atoms with E-state index in [1.165, 1.54) is 82.7 Å². The second kappa shape index (κ2) is 11.7. The molecule has 1 fully saturated rings. The molecule has 0 aromatic rings. The number of hydrogen-bond donors (Lipinski definition) is 0. The van der Waals surface area contributed by atoms with Gasteiger partial charge < -0.3 is 8.85 Å². The van der Waals surface area contributed by atoms with Gasteiger partial charge in [0.2, 0.25) is 0 Å². The van der Waals surface area contributed by atoms with Crippen molar-refractivity contribution in [1.29, 1.82) is 0 Å². The molecule has 1 rings (SSSR count). The summed E-state index contributed by atoms with van der Waals surface area (Å²) in [4.78, 5) is 0. The van der Waals surface area contributed by atoms with Crippen molar-refractivity contribution in [3.05, 3.63) is 0 Å². The lowest BCUT2D eigenvalue weighted by Gasteiger charge is -2.36. The van der Waals surface area contributed by atoms with Crippen LogP contribution in [0.15, 0.2) is 0 Å². The minimum atomic E-state index is -1.96. The number of hydrogen-bond acceptors (Lipinski definition) is 2. The first-order chi connectivity index (χ1) is 10.3. The Balaban J connectivity index is 2.64. The van der Waals surface area contributed by atoms with Gasteiger partial charge in [-0.15, -0.1) is 0 Å². The maximum Gasteiger partial charge on any atom is 0.338 e. The van der Waals surface area contributed by atoms with Gasteiger partial charge in [0, 0.05) is 12.7 Å². The van der Waals surface area contributed by atoms with E-state index in [1.54, 1.807) is 0 Å². The highest BCUT2D eigenvalue weighted by atomic mass is 28.4. The average molecular weight is 315 g/mol. The highest BCUT2D eigenvalue weighted by Crippen LogP contribution is 2.31. The van der Waals surface area contributed by atoms with Crippen LogP contribution in [0.3, 0.4) is 0 Å². The zero-order chi connectivity index (χ0) is 15.4. The zero-order valence-electron chi connectivity index (χ0n) is 14.8. The van der Waals surface area contributed by atoms with Crippen molar-refractivity contribution >= 4 is 8.56 Å². The lowest BCUT2D eigenvalue weighted by atomic mass is 9.98. The van der Waals surface area contributed by atoms with Crippen LogP contribution in [0.1, 0.15) is 91.4 Å². The monoisotopic (exact) mass is 314 g/mol. The van der Waals surface area contributed by atoms with Crippen molar-refractivity contribution in [2.45, 2.75) is 110 Å². The molecule has 0 N–H and O–H groups in total. The highest BCUT2D eigenvalue weighted by molar-refractivity contribution is 6.67. The second-order valence-electron chi connectivity index (χ2n) is 6.70. The van der Waals surface area contributed by atoms with E-state index in [-0.39, 0.29) is 0 Å². The van der Waals surface area contributed by atoms with E-state index < -0.39 is 8.56 Å². The minimum absolute atomic E-state index is 0.501. The summed E-state index contributed by atoms with van der Waals surface area (Å²) in [7, 11) is -1.96. The molecule has 0 atom stereocenters. The molecule has 2 nitrogen and oxygen atoms in total. The molecule has 1 aliphatic carbocycles. The van der Waals surface area contributed by atoms with E-state index in [0.29, 0.717) is 6.10 Å². The largest absolute Gasteiger partial charge is 0.394 e. The van der Waals surface area contributed by atoms with Crippen LogP contribution in [-0.4, -0.2) is 21.3 Å². The van der Waals surface area contributed by atoms with E-state index in [1.807, 2.05) is 0 Å². The Kier molecular flexibility index (Phi) is 10.7. The smallest absolute Gasteiger partial charge is 0.338 e. The standard InChI is InChI=1S/C18H38O2Si/c1-4-7-15-19-21(16-8-5-2,17-9-6-3)20-18-13-11-10-12-14-18/h18H,4-17H2,1-3H3. The molecule has 0 radical (unpaired) electrons. The van der Waals surface area contributed by atoms with Crippen LogP contribution >= 0.6 is 0 Å². The van der Waals surface area contributed by atoms with Gasteiger partial charge >= 0.3 is 8.56 Å². The summed E-state index contributed by atoms with van der Waals surface area (Å²) in [5.74, 6) is 0. The van der Waals surface area contributed by atoms with Crippen LogP contribution < -0.4 is 0 Å². The molecule has 0 amide bonds. The molecule has 126 valence electrons. The van der Waals surface area contributed by atoms with Crippen molar-refractivity contribution in [2.75, 3.05) is 6.61 Å². The summed E-state index contributed by atoms with van der Waals surface area (Å²) >= 11 is 0. The molecule has 0 unspecified atom stereocenters.